The number of hydrogen-bond acceptors (Lipinski definition) is 3. The summed E-state index contributed by atoms with van der Waals surface area (Å²) in [5.41, 5.74) is -0.440. The highest BCUT2D eigenvalue weighted by atomic mass is 35.5. The van der Waals surface area contributed by atoms with E-state index in [0.717, 1.165) is 25.0 Å². The smallest absolute Gasteiger partial charge is 0.254 e. The number of primary sulfonamides is 1. The van der Waals surface area contributed by atoms with Gasteiger partial charge >= 0.3 is 0 Å². The molecule has 0 radical (unpaired) electrons. The van der Waals surface area contributed by atoms with Crippen molar-refractivity contribution in [2.45, 2.75) is 37.6 Å². The fourth-order valence-electron chi connectivity index (χ4n) is 1.74. The molecule has 0 aliphatic rings. The van der Waals surface area contributed by atoms with Crippen molar-refractivity contribution in [2.24, 2.45) is 5.14 Å². The molecular weight excluding hydrogens is 307 g/mol. The SMILES string of the molecule is CCCC(C)NC(=O)c1cc(Cl)cc(S(N)(=O)=O)c1F. The van der Waals surface area contributed by atoms with Gasteiger partial charge in [-0.2, -0.15) is 0 Å². The van der Waals surface area contributed by atoms with Gasteiger partial charge in [-0.3, -0.25) is 4.79 Å². The summed E-state index contributed by atoms with van der Waals surface area (Å²) in [6.45, 7) is 3.71. The number of hydrogen-bond donors (Lipinski definition) is 2. The zero-order chi connectivity index (χ0) is 15.5. The molecule has 112 valence electrons. The molecule has 1 atom stereocenters. The van der Waals surface area contributed by atoms with Crippen LogP contribution in [-0.4, -0.2) is 20.4 Å². The number of halogens is 2. The van der Waals surface area contributed by atoms with Crippen molar-refractivity contribution in [3.8, 4) is 0 Å². The van der Waals surface area contributed by atoms with E-state index >= 15 is 0 Å². The molecule has 1 unspecified atom stereocenters. The molecule has 20 heavy (non-hydrogen) atoms. The van der Waals surface area contributed by atoms with Gasteiger partial charge in [0, 0.05) is 11.1 Å². The third-order valence-corrected chi connectivity index (χ3v) is 3.78. The number of nitrogens with one attached hydrogen (secondary N) is 1. The van der Waals surface area contributed by atoms with E-state index in [2.05, 4.69) is 5.32 Å². The number of benzene rings is 1. The number of carbonyl (C=O) groups is 1. The van der Waals surface area contributed by atoms with E-state index < -0.39 is 32.2 Å². The first-order chi connectivity index (χ1) is 9.16. The van der Waals surface area contributed by atoms with E-state index in [9.17, 15) is 17.6 Å². The molecule has 0 aromatic heterocycles. The Morgan fingerprint density at radius 3 is 2.60 bits per heavy atom. The molecule has 0 fully saturated rings. The number of rotatable bonds is 5. The molecule has 1 rings (SSSR count). The Hall–Kier alpha value is -1.18. The summed E-state index contributed by atoms with van der Waals surface area (Å²) in [7, 11) is -4.29. The van der Waals surface area contributed by atoms with Gasteiger partial charge in [0.25, 0.3) is 5.91 Å². The summed E-state index contributed by atoms with van der Waals surface area (Å²) in [5.74, 6) is -1.92. The van der Waals surface area contributed by atoms with Gasteiger partial charge in [-0.25, -0.2) is 17.9 Å². The van der Waals surface area contributed by atoms with Crippen molar-refractivity contribution in [3.63, 3.8) is 0 Å². The zero-order valence-corrected chi connectivity index (χ0v) is 12.7. The van der Waals surface area contributed by atoms with Gasteiger partial charge in [0.05, 0.1) is 5.56 Å². The van der Waals surface area contributed by atoms with Crippen LogP contribution in [0.15, 0.2) is 17.0 Å². The average molecular weight is 323 g/mol. The predicted octanol–water partition coefficient (Wildman–Crippen LogP) is 2.04. The molecule has 0 aliphatic carbocycles. The van der Waals surface area contributed by atoms with Gasteiger partial charge in [-0.15, -0.1) is 0 Å². The van der Waals surface area contributed by atoms with Crippen molar-refractivity contribution in [3.05, 3.63) is 28.5 Å². The van der Waals surface area contributed by atoms with Crippen molar-refractivity contribution in [1.82, 2.24) is 5.32 Å². The Morgan fingerprint density at radius 2 is 2.10 bits per heavy atom. The molecule has 0 saturated carbocycles. The molecule has 1 aromatic rings. The van der Waals surface area contributed by atoms with Crippen LogP contribution < -0.4 is 10.5 Å². The fraction of sp³-hybridized carbons (Fsp3) is 0.417. The summed E-state index contributed by atoms with van der Waals surface area (Å²) in [6.07, 6.45) is 1.57. The summed E-state index contributed by atoms with van der Waals surface area (Å²) in [5, 5.41) is 7.38. The van der Waals surface area contributed by atoms with Crippen LogP contribution in [0.5, 0.6) is 0 Å². The lowest BCUT2D eigenvalue weighted by Crippen LogP contribution is -2.33. The molecular formula is C12H16ClFN2O3S. The van der Waals surface area contributed by atoms with Crippen molar-refractivity contribution < 1.29 is 17.6 Å². The number of amides is 1. The van der Waals surface area contributed by atoms with Gasteiger partial charge in [-0.1, -0.05) is 24.9 Å². The van der Waals surface area contributed by atoms with Crippen molar-refractivity contribution >= 4 is 27.5 Å². The lowest BCUT2D eigenvalue weighted by atomic mass is 10.1. The Bertz CT molecular complexity index is 619. The Morgan fingerprint density at radius 1 is 1.50 bits per heavy atom. The molecule has 1 amide bonds. The minimum absolute atomic E-state index is 0.0799. The van der Waals surface area contributed by atoms with Crippen LogP contribution in [-0.2, 0) is 10.0 Å². The van der Waals surface area contributed by atoms with Crippen LogP contribution in [0.25, 0.3) is 0 Å². The first-order valence-electron chi connectivity index (χ1n) is 5.99. The second-order valence-corrected chi connectivity index (χ2v) is 6.44. The summed E-state index contributed by atoms with van der Waals surface area (Å²) >= 11 is 5.70. The zero-order valence-electron chi connectivity index (χ0n) is 11.1. The Kier molecular flexibility index (Phi) is 5.50. The van der Waals surface area contributed by atoms with Crippen LogP contribution in [0, 0.1) is 5.82 Å². The highest BCUT2D eigenvalue weighted by molar-refractivity contribution is 7.89. The topological polar surface area (TPSA) is 89.3 Å². The predicted molar refractivity (Wildman–Crippen MR) is 74.6 cm³/mol. The molecule has 0 bridgehead atoms. The minimum Gasteiger partial charge on any atom is -0.349 e. The largest absolute Gasteiger partial charge is 0.349 e. The van der Waals surface area contributed by atoms with Crippen LogP contribution in [0.1, 0.15) is 37.0 Å². The molecule has 8 heteroatoms. The van der Waals surface area contributed by atoms with Crippen molar-refractivity contribution in [1.29, 1.82) is 0 Å². The van der Waals surface area contributed by atoms with Crippen LogP contribution in [0.3, 0.4) is 0 Å². The van der Waals surface area contributed by atoms with Gasteiger partial charge < -0.3 is 5.32 Å². The average Bonchev–Trinajstić information content (AvgIpc) is 2.30. The molecule has 0 saturated heterocycles. The van der Waals surface area contributed by atoms with Gasteiger partial charge in [0.1, 0.15) is 4.90 Å². The number of sulfonamides is 1. The normalized spacial score (nSPS) is 13.1. The number of nitrogens with two attached hydrogens (primary N) is 1. The van der Waals surface area contributed by atoms with E-state index in [0.29, 0.717) is 0 Å². The van der Waals surface area contributed by atoms with E-state index in [-0.39, 0.29) is 11.1 Å². The van der Waals surface area contributed by atoms with Crippen LogP contribution in [0.2, 0.25) is 5.02 Å². The standard InChI is InChI=1S/C12H16ClFN2O3S/c1-3-4-7(2)16-12(17)9-5-8(13)6-10(11(9)14)20(15,18)19/h5-7H,3-4H2,1-2H3,(H,16,17)(H2,15,18,19). The summed E-state index contributed by atoms with van der Waals surface area (Å²) in [6, 6.07) is 1.78. The lowest BCUT2D eigenvalue weighted by Gasteiger charge is -2.14. The molecule has 5 nitrogen and oxygen atoms in total. The third-order valence-electron chi connectivity index (χ3n) is 2.65. The first-order valence-corrected chi connectivity index (χ1v) is 7.92. The fourth-order valence-corrected chi connectivity index (χ4v) is 2.68. The minimum atomic E-state index is -4.29. The molecule has 0 aliphatic heterocycles. The second kappa shape index (κ2) is 6.51. The Labute approximate surface area is 122 Å². The third kappa shape index (κ3) is 4.16. The van der Waals surface area contributed by atoms with E-state index in [1.807, 2.05) is 6.92 Å². The van der Waals surface area contributed by atoms with E-state index in [1.54, 1.807) is 6.92 Å². The van der Waals surface area contributed by atoms with E-state index in [1.165, 1.54) is 0 Å². The van der Waals surface area contributed by atoms with Crippen LogP contribution >= 0.6 is 11.6 Å². The summed E-state index contributed by atoms with van der Waals surface area (Å²) in [4.78, 5) is 11.1. The molecule has 0 spiro atoms. The monoisotopic (exact) mass is 322 g/mol. The van der Waals surface area contributed by atoms with Gasteiger partial charge in [0.15, 0.2) is 5.82 Å². The first kappa shape index (κ1) is 16.9. The maximum absolute atomic E-state index is 14.1. The Balaban J connectivity index is 3.19. The molecule has 1 aromatic carbocycles. The molecule has 3 N–H and O–H groups in total. The maximum Gasteiger partial charge on any atom is 0.254 e. The van der Waals surface area contributed by atoms with Crippen LogP contribution in [0.4, 0.5) is 4.39 Å². The quantitative estimate of drug-likeness (QED) is 0.869. The van der Waals surface area contributed by atoms with Gasteiger partial charge in [0.2, 0.25) is 10.0 Å². The molecule has 0 heterocycles. The highest BCUT2D eigenvalue weighted by Crippen LogP contribution is 2.23. The van der Waals surface area contributed by atoms with Gasteiger partial charge in [-0.05, 0) is 25.5 Å². The lowest BCUT2D eigenvalue weighted by molar-refractivity contribution is 0.0933. The van der Waals surface area contributed by atoms with Crippen molar-refractivity contribution in [2.75, 3.05) is 0 Å². The highest BCUT2D eigenvalue weighted by Gasteiger charge is 2.23. The maximum atomic E-state index is 14.1. The number of carbonyl (C=O) groups excluding carboxylic acids is 1. The second-order valence-electron chi connectivity index (χ2n) is 4.47. The summed E-state index contributed by atoms with van der Waals surface area (Å²) < 4.78 is 36.6. The van der Waals surface area contributed by atoms with E-state index in [4.69, 9.17) is 16.7 Å².